The minimum absolute atomic E-state index is 0.0939. The lowest BCUT2D eigenvalue weighted by atomic mass is 10.2. The first kappa shape index (κ1) is 18.0. The van der Waals surface area contributed by atoms with Gasteiger partial charge in [0.2, 0.25) is 5.91 Å². The van der Waals surface area contributed by atoms with Crippen molar-refractivity contribution in [2.75, 3.05) is 20.7 Å². The number of unbranched alkanes of at least 4 members (excludes halogenated alkanes) is 1. The Hall–Kier alpha value is -2.82. The monoisotopic (exact) mass is 351 g/mol. The van der Waals surface area contributed by atoms with Gasteiger partial charge >= 0.3 is 0 Å². The molecule has 1 heterocycles. The SMILES string of the molecule is CCCCN(C)C(=O)Cn1c(-c2ccc(OC)cc2)nc2ccccc21. The van der Waals surface area contributed by atoms with Crippen LogP contribution in [0.15, 0.2) is 48.5 Å². The van der Waals surface area contributed by atoms with E-state index in [1.807, 2.05) is 60.1 Å². The third-order valence-corrected chi connectivity index (χ3v) is 4.57. The van der Waals surface area contributed by atoms with Gasteiger partial charge in [-0.25, -0.2) is 4.98 Å². The van der Waals surface area contributed by atoms with E-state index in [0.717, 1.165) is 47.6 Å². The van der Waals surface area contributed by atoms with E-state index in [0.29, 0.717) is 0 Å². The molecule has 0 saturated heterocycles. The van der Waals surface area contributed by atoms with Crippen LogP contribution >= 0.6 is 0 Å². The Morgan fingerprint density at radius 1 is 1.15 bits per heavy atom. The van der Waals surface area contributed by atoms with Crippen LogP contribution in [0.1, 0.15) is 19.8 Å². The number of imidazole rings is 1. The molecular formula is C21H25N3O2. The van der Waals surface area contributed by atoms with E-state index in [1.54, 1.807) is 12.0 Å². The lowest BCUT2D eigenvalue weighted by Gasteiger charge is -2.18. The van der Waals surface area contributed by atoms with Crippen LogP contribution in [-0.2, 0) is 11.3 Å². The summed E-state index contributed by atoms with van der Waals surface area (Å²) in [6.45, 7) is 3.19. The number of benzene rings is 2. The maximum Gasteiger partial charge on any atom is 0.242 e. The first-order chi connectivity index (χ1) is 12.6. The number of ether oxygens (including phenoxy) is 1. The Balaban J connectivity index is 1.98. The number of para-hydroxylation sites is 2. The standard InChI is InChI=1S/C21H25N3O2/c1-4-5-14-23(2)20(25)15-24-19-9-7-6-8-18(19)22-21(24)16-10-12-17(26-3)13-11-16/h6-13H,4-5,14-15H2,1-3H3. The van der Waals surface area contributed by atoms with E-state index in [2.05, 4.69) is 6.92 Å². The predicted octanol–water partition coefficient (Wildman–Crippen LogP) is 3.97. The fraction of sp³-hybridized carbons (Fsp3) is 0.333. The van der Waals surface area contributed by atoms with Crippen molar-refractivity contribution in [3.63, 3.8) is 0 Å². The Morgan fingerprint density at radius 2 is 1.88 bits per heavy atom. The summed E-state index contributed by atoms with van der Waals surface area (Å²) in [5.74, 6) is 1.69. The minimum Gasteiger partial charge on any atom is -0.497 e. The number of carbonyl (C=O) groups is 1. The molecule has 0 aliphatic heterocycles. The zero-order valence-corrected chi connectivity index (χ0v) is 15.6. The van der Waals surface area contributed by atoms with Gasteiger partial charge in [0.05, 0.1) is 18.1 Å². The molecule has 1 amide bonds. The van der Waals surface area contributed by atoms with Crippen LogP contribution in [-0.4, -0.2) is 41.1 Å². The summed E-state index contributed by atoms with van der Waals surface area (Å²) in [5.41, 5.74) is 2.82. The summed E-state index contributed by atoms with van der Waals surface area (Å²) in [6.07, 6.45) is 2.08. The first-order valence-electron chi connectivity index (χ1n) is 8.97. The number of likely N-dealkylation sites (N-methyl/N-ethyl adjacent to an activating group) is 1. The molecule has 0 spiro atoms. The highest BCUT2D eigenvalue weighted by Gasteiger charge is 2.17. The van der Waals surface area contributed by atoms with Crippen LogP contribution in [0.4, 0.5) is 0 Å². The van der Waals surface area contributed by atoms with E-state index < -0.39 is 0 Å². The van der Waals surface area contributed by atoms with Crippen molar-refractivity contribution >= 4 is 16.9 Å². The molecule has 0 atom stereocenters. The average Bonchev–Trinajstić information content (AvgIpc) is 3.04. The lowest BCUT2D eigenvalue weighted by molar-refractivity contribution is -0.130. The molecule has 3 aromatic rings. The number of rotatable bonds is 7. The van der Waals surface area contributed by atoms with E-state index >= 15 is 0 Å². The maximum atomic E-state index is 12.7. The molecule has 0 saturated carbocycles. The Kier molecular flexibility index (Phi) is 5.56. The van der Waals surface area contributed by atoms with Crippen LogP contribution in [0, 0.1) is 0 Å². The molecule has 0 bridgehead atoms. The largest absolute Gasteiger partial charge is 0.497 e. The Bertz CT molecular complexity index is 884. The first-order valence-corrected chi connectivity index (χ1v) is 8.97. The fourth-order valence-electron chi connectivity index (χ4n) is 2.97. The number of aromatic nitrogens is 2. The minimum atomic E-state index is 0.0939. The highest BCUT2D eigenvalue weighted by molar-refractivity contribution is 5.84. The van der Waals surface area contributed by atoms with E-state index in [4.69, 9.17) is 9.72 Å². The maximum absolute atomic E-state index is 12.7. The summed E-state index contributed by atoms with van der Waals surface area (Å²) in [7, 11) is 3.51. The molecule has 3 rings (SSSR count). The van der Waals surface area contributed by atoms with E-state index in [1.165, 1.54) is 0 Å². The van der Waals surface area contributed by atoms with E-state index in [9.17, 15) is 4.79 Å². The zero-order chi connectivity index (χ0) is 18.5. The van der Waals surface area contributed by atoms with Gasteiger partial charge in [0.15, 0.2) is 0 Å². The molecule has 0 fully saturated rings. The molecule has 136 valence electrons. The van der Waals surface area contributed by atoms with Crippen LogP contribution in [0.3, 0.4) is 0 Å². The normalized spacial score (nSPS) is 10.9. The second kappa shape index (κ2) is 8.04. The van der Waals surface area contributed by atoms with Crippen molar-refractivity contribution in [1.82, 2.24) is 14.5 Å². The zero-order valence-electron chi connectivity index (χ0n) is 15.6. The van der Waals surface area contributed by atoms with Crippen LogP contribution < -0.4 is 4.74 Å². The summed E-state index contributed by atoms with van der Waals surface area (Å²) < 4.78 is 7.24. The molecule has 0 aliphatic carbocycles. The van der Waals surface area contributed by atoms with Gasteiger partial charge < -0.3 is 14.2 Å². The van der Waals surface area contributed by atoms with Crippen molar-refractivity contribution in [2.45, 2.75) is 26.3 Å². The number of hydrogen-bond donors (Lipinski definition) is 0. The van der Waals surface area contributed by atoms with Crippen LogP contribution in [0.25, 0.3) is 22.4 Å². The molecule has 5 nitrogen and oxygen atoms in total. The molecule has 0 N–H and O–H groups in total. The highest BCUT2D eigenvalue weighted by atomic mass is 16.5. The summed E-state index contributed by atoms with van der Waals surface area (Å²) in [6, 6.07) is 15.7. The van der Waals surface area contributed by atoms with Gasteiger partial charge in [0.25, 0.3) is 0 Å². The second-order valence-corrected chi connectivity index (χ2v) is 6.41. The van der Waals surface area contributed by atoms with Gasteiger partial charge in [-0.05, 0) is 42.8 Å². The van der Waals surface area contributed by atoms with E-state index in [-0.39, 0.29) is 12.5 Å². The van der Waals surface area contributed by atoms with Gasteiger partial charge in [-0.3, -0.25) is 4.79 Å². The third-order valence-electron chi connectivity index (χ3n) is 4.57. The fourth-order valence-corrected chi connectivity index (χ4v) is 2.97. The van der Waals surface area contributed by atoms with Crippen LogP contribution in [0.2, 0.25) is 0 Å². The molecule has 5 heteroatoms. The van der Waals surface area contributed by atoms with Gasteiger partial charge in [-0.2, -0.15) is 0 Å². The average molecular weight is 351 g/mol. The predicted molar refractivity (Wildman–Crippen MR) is 104 cm³/mol. The summed E-state index contributed by atoms with van der Waals surface area (Å²) >= 11 is 0. The summed E-state index contributed by atoms with van der Waals surface area (Å²) in [5, 5.41) is 0. The molecule has 1 aromatic heterocycles. The highest BCUT2D eigenvalue weighted by Crippen LogP contribution is 2.26. The van der Waals surface area contributed by atoms with Gasteiger partial charge in [0.1, 0.15) is 18.1 Å². The quantitative estimate of drug-likeness (QED) is 0.647. The number of methoxy groups -OCH3 is 1. The number of amides is 1. The number of nitrogens with zero attached hydrogens (tertiary/aromatic N) is 3. The molecular weight excluding hydrogens is 326 g/mol. The lowest BCUT2D eigenvalue weighted by Crippen LogP contribution is -2.31. The number of fused-ring (bicyclic) bond motifs is 1. The van der Waals surface area contributed by atoms with Gasteiger partial charge in [-0.15, -0.1) is 0 Å². The molecule has 0 radical (unpaired) electrons. The third kappa shape index (κ3) is 3.72. The smallest absolute Gasteiger partial charge is 0.242 e. The second-order valence-electron chi connectivity index (χ2n) is 6.41. The Labute approximate surface area is 154 Å². The van der Waals surface area contributed by atoms with Crippen molar-refractivity contribution < 1.29 is 9.53 Å². The van der Waals surface area contributed by atoms with Gasteiger partial charge in [0, 0.05) is 19.2 Å². The Morgan fingerprint density at radius 3 is 2.58 bits per heavy atom. The molecule has 0 unspecified atom stereocenters. The van der Waals surface area contributed by atoms with Crippen molar-refractivity contribution in [3.8, 4) is 17.1 Å². The number of hydrogen-bond acceptors (Lipinski definition) is 3. The summed E-state index contributed by atoms with van der Waals surface area (Å²) in [4.78, 5) is 19.3. The van der Waals surface area contributed by atoms with Crippen molar-refractivity contribution in [3.05, 3.63) is 48.5 Å². The van der Waals surface area contributed by atoms with Crippen molar-refractivity contribution in [2.24, 2.45) is 0 Å². The molecule has 26 heavy (non-hydrogen) atoms. The topological polar surface area (TPSA) is 47.4 Å². The molecule has 0 aliphatic rings. The van der Waals surface area contributed by atoms with Gasteiger partial charge in [-0.1, -0.05) is 25.5 Å². The van der Waals surface area contributed by atoms with Crippen molar-refractivity contribution in [1.29, 1.82) is 0 Å². The number of carbonyl (C=O) groups excluding carboxylic acids is 1. The molecule has 2 aromatic carbocycles. The van der Waals surface area contributed by atoms with Crippen LogP contribution in [0.5, 0.6) is 5.75 Å².